The maximum Gasteiger partial charge on any atom is 0.249 e. The highest BCUT2D eigenvalue weighted by molar-refractivity contribution is 7.98. The molecule has 1 aromatic carbocycles. The van der Waals surface area contributed by atoms with E-state index in [1.807, 2.05) is 19.2 Å². The average molecular weight is 252 g/mol. The first kappa shape index (κ1) is 13.6. The van der Waals surface area contributed by atoms with Gasteiger partial charge in [0.05, 0.1) is 11.1 Å². The minimum Gasteiger partial charge on any atom is -0.366 e. The van der Waals surface area contributed by atoms with Crippen LogP contribution in [0.4, 0.5) is 0 Å². The molecule has 0 spiro atoms. The van der Waals surface area contributed by atoms with E-state index < -0.39 is 11.8 Å². The summed E-state index contributed by atoms with van der Waals surface area (Å²) in [5, 5.41) is 0. The molecule has 0 radical (unpaired) electrons. The molecular formula is C12H16N2O2S. The lowest BCUT2D eigenvalue weighted by molar-refractivity contribution is 0.0966. The zero-order chi connectivity index (χ0) is 13.0. The molecule has 4 nitrogen and oxygen atoms in total. The Morgan fingerprint density at radius 2 is 1.94 bits per heavy atom. The van der Waals surface area contributed by atoms with E-state index in [9.17, 15) is 9.59 Å². The van der Waals surface area contributed by atoms with Crippen LogP contribution in [0.15, 0.2) is 18.2 Å². The zero-order valence-corrected chi connectivity index (χ0v) is 10.7. The van der Waals surface area contributed by atoms with Crippen LogP contribution in [0.2, 0.25) is 0 Å². The van der Waals surface area contributed by atoms with Crippen LogP contribution in [-0.4, -0.2) is 23.8 Å². The highest BCUT2D eigenvalue weighted by Crippen LogP contribution is 2.25. The van der Waals surface area contributed by atoms with Gasteiger partial charge in [-0.25, -0.2) is 0 Å². The summed E-state index contributed by atoms with van der Waals surface area (Å²) < 4.78 is 0. The van der Waals surface area contributed by atoms with Crippen LogP contribution in [0.3, 0.4) is 0 Å². The fraction of sp³-hybridized carbons (Fsp3) is 0.333. The van der Waals surface area contributed by atoms with Gasteiger partial charge in [0.15, 0.2) is 0 Å². The van der Waals surface area contributed by atoms with Crippen molar-refractivity contribution in [3.05, 3.63) is 34.9 Å². The summed E-state index contributed by atoms with van der Waals surface area (Å²) in [7, 11) is 0. The molecule has 1 rings (SSSR count). The molecule has 0 aliphatic carbocycles. The summed E-state index contributed by atoms with van der Waals surface area (Å²) in [4.78, 5) is 22.7. The summed E-state index contributed by atoms with van der Waals surface area (Å²) in [6, 6.07) is 5.06. The third-order valence-electron chi connectivity index (χ3n) is 2.56. The van der Waals surface area contributed by atoms with Gasteiger partial charge in [-0.05, 0) is 29.6 Å². The van der Waals surface area contributed by atoms with Crippen molar-refractivity contribution in [3.8, 4) is 0 Å². The van der Waals surface area contributed by atoms with Crippen molar-refractivity contribution < 1.29 is 9.59 Å². The number of amides is 2. The van der Waals surface area contributed by atoms with Crippen molar-refractivity contribution in [1.29, 1.82) is 0 Å². The van der Waals surface area contributed by atoms with Crippen molar-refractivity contribution in [2.75, 3.05) is 12.0 Å². The van der Waals surface area contributed by atoms with E-state index in [4.69, 9.17) is 11.5 Å². The predicted molar refractivity (Wildman–Crippen MR) is 70.3 cm³/mol. The highest BCUT2D eigenvalue weighted by atomic mass is 32.2. The normalized spacial score (nSPS) is 12.1. The summed E-state index contributed by atoms with van der Waals surface area (Å²) in [5.41, 5.74) is 11.8. The Kier molecular flexibility index (Phi) is 4.57. The smallest absolute Gasteiger partial charge is 0.249 e. The Morgan fingerprint density at radius 1 is 1.29 bits per heavy atom. The van der Waals surface area contributed by atoms with Crippen LogP contribution >= 0.6 is 11.8 Å². The van der Waals surface area contributed by atoms with Gasteiger partial charge in [-0.3, -0.25) is 9.59 Å². The van der Waals surface area contributed by atoms with Crippen LogP contribution in [0, 0.1) is 0 Å². The summed E-state index contributed by atoms with van der Waals surface area (Å²) >= 11 is 1.67. The zero-order valence-electron chi connectivity index (χ0n) is 9.90. The van der Waals surface area contributed by atoms with Gasteiger partial charge in [-0.1, -0.05) is 19.1 Å². The third kappa shape index (κ3) is 3.00. The number of hydrogen-bond acceptors (Lipinski definition) is 3. The second-order valence-corrected chi connectivity index (χ2v) is 4.77. The molecule has 1 atom stereocenters. The van der Waals surface area contributed by atoms with Gasteiger partial charge >= 0.3 is 0 Å². The number of rotatable bonds is 5. The van der Waals surface area contributed by atoms with Crippen LogP contribution in [0.5, 0.6) is 0 Å². The summed E-state index contributed by atoms with van der Waals surface area (Å²) in [5.74, 6) is -0.242. The average Bonchev–Trinajstić information content (AvgIpc) is 2.28. The molecule has 1 aromatic rings. The molecular weight excluding hydrogens is 236 g/mol. The fourth-order valence-electron chi connectivity index (χ4n) is 1.80. The second-order valence-electron chi connectivity index (χ2n) is 3.85. The Hall–Kier alpha value is -1.49. The van der Waals surface area contributed by atoms with Gasteiger partial charge in [0.2, 0.25) is 11.8 Å². The molecule has 4 N–H and O–H groups in total. The maximum atomic E-state index is 11.5. The molecule has 0 fully saturated rings. The SMILES string of the molecule is CSCC(C)c1cccc(C(N)=O)c1C(N)=O. The van der Waals surface area contributed by atoms with E-state index in [2.05, 4.69) is 0 Å². The van der Waals surface area contributed by atoms with Gasteiger partial charge in [0.25, 0.3) is 0 Å². The number of carbonyl (C=O) groups is 2. The van der Waals surface area contributed by atoms with Crippen molar-refractivity contribution >= 4 is 23.6 Å². The highest BCUT2D eigenvalue weighted by Gasteiger charge is 2.20. The van der Waals surface area contributed by atoms with Gasteiger partial charge < -0.3 is 11.5 Å². The molecule has 2 amide bonds. The molecule has 0 aliphatic heterocycles. The first-order chi connectivity index (χ1) is 7.99. The predicted octanol–water partition coefficient (Wildman–Crippen LogP) is 1.35. The lowest BCUT2D eigenvalue weighted by Crippen LogP contribution is -2.23. The second kappa shape index (κ2) is 5.72. The molecule has 1 unspecified atom stereocenters. The standard InChI is InChI=1S/C12H16N2O2S/c1-7(6-17-2)8-4-3-5-9(11(13)15)10(8)12(14)16/h3-5,7H,6H2,1-2H3,(H2,13,15)(H2,14,16). The number of benzene rings is 1. The van der Waals surface area contributed by atoms with E-state index in [1.165, 1.54) is 6.07 Å². The Balaban J connectivity index is 3.34. The van der Waals surface area contributed by atoms with Gasteiger partial charge in [-0.2, -0.15) is 11.8 Å². The minimum absolute atomic E-state index is 0.145. The number of hydrogen-bond donors (Lipinski definition) is 2. The first-order valence-electron chi connectivity index (χ1n) is 5.20. The molecule has 0 aromatic heterocycles. The van der Waals surface area contributed by atoms with Gasteiger partial charge in [0, 0.05) is 0 Å². The molecule has 0 aliphatic rings. The topological polar surface area (TPSA) is 86.2 Å². The molecule has 17 heavy (non-hydrogen) atoms. The Bertz CT molecular complexity index is 446. The van der Waals surface area contributed by atoms with Crippen LogP contribution < -0.4 is 11.5 Å². The Labute approximate surface area is 105 Å². The quantitative estimate of drug-likeness (QED) is 0.829. The monoisotopic (exact) mass is 252 g/mol. The van der Waals surface area contributed by atoms with Crippen molar-refractivity contribution in [2.45, 2.75) is 12.8 Å². The van der Waals surface area contributed by atoms with Gasteiger partial charge in [0.1, 0.15) is 0 Å². The molecule has 92 valence electrons. The minimum atomic E-state index is -0.628. The van der Waals surface area contributed by atoms with Crippen LogP contribution in [0.25, 0.3) is 0 Å². The van der Waals surface area contributed by atoms with E-state index in [0.29, 0.717) is 0 Å². The summed E-state index contributed by atoms with van der Waals surface area (Å²) in [6.07, 6.45) is 1.98. The summed E-state index contributed by atoms with van der Waals surface area (Å²) in [6.45, 7) is 1.99. The van der Waals surface area contributed by atoms with Crippen molar-refractivity contribution in [3.63, 3.8) is 0 Å². The number of nitrogens with two attached hydrogens (primary N) is 2. The first-order valence-corrected chi connectivity index (χ1v) is 6.59. The van der Waals surface area contributed by atoms with Crippen LogP contribution in [-0.2, 0) is 0 Å². The van der Waals surface area contributed by atoms with Gasteiger partial charge in [-0.15, -0.1) is 0 Å². The third-order valence-corrected chi connectivity index (χ3v) is 3.39. The molecule has 5 heteroatoms. The van der Waals surface area contributed by atoms with E-state index >= 15 is 0 Å². The maximum absolute atomic E-state index is 11.5. The molecule has 0 heterocycles. The van der Waals surface area contributed by atoms with E-state index in [0.717, 1.165) is 11.3 Å². The number of carbonyl (C=O) groups excluding carboxylic acids is 2. The van der Waals surface area contributed by atoms with Crippen LogP contribution in [0.1, 0.15) is 39.1 Å². The lowest BCUT2D eigenvalue weighted by atomic mass is 9.92. The van der Waals surface area contributed by atoms with E-state index in [1.54, 1.807) is 17.8 Å². The van der Waals surface area contributed by atoms with Crippen molar-refractivity contribution in [2.24, 2.45) is 11.5 Å². The largest absolute Gasteiger partial charge is 0.366 e. The number of primary amides is 2. The fourth-order valence-corrected chi connectivity index (χ4v) is 2.48. The van der Waals surface area contributed by atoms with Crippen molar-refractivity contribution in [1.82, 2.24) is 0 Å². The lowest BCUT2D eigenvalue weighted by Gasteiger charge is -2.15. The Morgan fingerprint density at radius 3 is 2.41 bits per heavy atom. The molecule has 0 saturated heterocycles. The van der Waals surface area contributed by atoms with E-state index in [-0.39, 0.29) is 17.0 Å². The molecule has 0 bridgehead atoms. The number of thioether (sulfide) groups is 1. The molecule has 0 saturated carbocycles.